The summed E-state index contributed by atoms with van der Waals surface area (Å²) >= 11 is 11.1. The summed E-state index contributed by atoms with van der Waals surface area (Å²) in [6.45, 7) is 1.83. The number of unbranched alkanes of at least 4 members (excludes halogenated alkanes) is 3. The lowest BCUT2D eigenvalue weighted by Crippen LogP contribution is -1.98. The molecule has 0 aliphatic carbocycles. The molecule has 1 atom stereocenters. The van der Waals surface area contributed by atoms with Crippen molar-refractivity contribution < 1.29 is 5.11 Å². The SMILES string of the molecule is CC(O)CCCCCCC(Cl)Cl. The third kappa shape index (κ3) is 10.5. The van der Waals surface area contributed by atoms with Crippen LogP contribution in [0.4, 0.5) is 0 Å². The molecule has 0 saturated carbocycles. The molecule has 0 spiro atoms. The summed E-state index contributed by atoms with van der Waals surface area (Å²) in [7, 11) is 0. The summed E-state index contributed by atoms with van der Waals surface area (Å²) in [6.07, 6.45) is 6.18. The molecule has 1 nitrogen and oxygen atoms in total. The molecular formula is C9H18Cl2O. The van der Waals surface area contributed by atoms with Crippen LogP contribution in [0.3, 0.4) is 0 Å². The Morgan fingerprint density at radius 2 is 1.50 bits per heavy atom. The third-order valence-electron chi connectivity index (χ3n) is 1.79. The molecule has 0 aliphatic rings. The van der Waals surface area contributed by atoms with Crippen LogP contribution in [0, 0.1) is 0 Å². The van der Waals surface area contributed by atoms with Gasteiger partial charge < -0.3 is 5.11 Å². The first kappa shape index (κ1) is 12.5. The summed E-state index contributed by atoms with van der Waals surface area (Å²) in [4.78, 5) is -0.207. The molecule has 0 heterocycles. The van der Waals surface area contributed by atoms with E-state index in [-0.39, 0.29) is 10.9 Å². The van der Waals surface area contributed by atoms with Crippen LogP contribution in [0.5, 0.6) is 0 Å². The molecule has 0 fully saturated rings. The number of aliphatic hydroxyl groups excluding tert-OH is 1. The average molecular weight is 213 g/mol. The number of halogens is 2. The predicted molar refractivity (Wildman–Crippen MR) is 54.9 cm³/mol. The molecule has 12 heavy (non-hydrogen) atoms. The minimum atomic E-state index is -0.207. The van der Waals surface area contributed by atoms with Crippen molar-refractivity contribution in [3.63, 3.8) is 0 Å². The quantitative estimate of drug-likeness (QED) is 0.506. The molecule has 0 aliphatic heterocycles. The highest BCUT2D eigenvalue weighted by Gasteiger charge is 1.98. The van der Waals surface area contributed by atoms with E-state index in [1.807, 2.05) is 6.92 Å². The number of rotatable bonds is 7. The molecule has 0 amide bonds. The first-order valence-electron chi connectivity index (χ1n) is 4.59. The van der Waals surface area contributed by atoms with Crippen molar-refractivity contribution in [1.29, 1.82) is 0 Å². The first-order valence-corrected chi connectivity index (χ1v) is 5.46. The molecule has 0 saturated heterocycles. The van der Waals surface area contributed by atoms with Crippen molar-refractivity contribution in [2.45, 2.75) is 56.4 Å². The smallest absolute Gasteiger partial charge is 0.107 e. The van der Waals surface area contributed by atoms with Crippen LogP contribution < -0.4 is 0 Å². The van der Waals surface area contributed by atoms with Gasteiger partial charge in [0.2, 0.25) is 0 Å². The van der Waals surface area contributed by atoms with Gasteiger partial charge in [-0.3, -0.25) is 0 Å². The Kier molecular flexibility index (Phi) is 8.52. The van der Waals surface area contributed by atoms with Gasteiger partial charge in [0.15, 0.2) is 0 Å². The van der Waals surface area contributed by atoms with E-state index in [1.165, 1.54) is 12.8 Å². The monoisotopic (exact) mass is 212 g/mol. The van der Waals surface area contributed by atoms with Crippen molar-refractivity contribution in [1.82, 2.24) is 0 Å². The largest absolute Gasteiger partial charge is 0.393 e. The van der Waals surface area contributed by atoms with Gasteiger partial charge in [0.1, 0.15) is 4.84 Å². The van der Waals surface area contributed by atoms with E-state index < -0.39 is 0 Å². The highest BCUT2D eigenvalue weighted by Crippen LogP contribution is 2.13. The highest BCUT2D eigenvalue weighted by atomic mass is 35.5. The molecule has 0 bridgehead atoms. The van der Waals surface area contributed by atoms with Crippen LogP contribution in [0.2, 0.25) is 0 Å². The fourth-order valence-electron chi connectivity index (χ4n) is 1.09. The summed E-state index contributed by atoms with van der Waals surface area (Å²) in [5.74, 6) is 0. The average Bonchev–Trinajstić information content (AvgIpc) is 1.95. The Balaban J connectivity index is 2.91. The molecule has 0 rings (SSSR count). The Morgan fingerprint density at radius 3 is 1.92 bits per heavy atom. The van der Waals surface area contributed by atoms with Gasteiger partial charge in [-0.25, -0.2) is 0 Å². The summed E-state index contributed by atoms with van der Waals surface area (Å²) in [5.41, 5.74) is 0. The summed E-state index contributed by atoms with van der Waals surface area (Å²) in [6, 6.07) is 0. The number of alkyl halides is 2. The first-order chi connectivity index (χ1) is 5.63. The van der Waals surface area contributed by atoms with Crippen LogP contribution in [0.1, 0.15) is 45.4 Å². The van der Waals surface area contributed by atoms with Crippen molar-refractivity contribution >= 4 is 23.2 Å². The van der Waals surface area contributed by atoms with E-state index in [4.69, 9.17) is 28.3 Å². The van der Waals surface area contributed by atoms with Gasteiger partial charge in [-0.1, -0.05) is 25.7 Å². The maximum Gasteiger partial charge on any atom is 0.107 e. The zero-order valence-electron chi connectivity index (χ0n) is 7.60. The van der Waals surface area contributed by atoms with Crippen molar-refractivity contribution in [3.8, 4) is 0 Å². The molecule has 3 heteroatoms. The molecule has 0 aromatic rings. The Labute approximate surface area is 85.1 Å². The van der Waals surface area contributed by atoms with Crippen LogP contribution in [-0.2, 0) is 0 Å². The zero-order valence-corrected chi connectivity index (χ0v) is 9.11. The van der Waals surface area contributed by atoms with E-state index in [0.29, 0.717) is 0 Å². The predicted octanol–water partition coefficient (Wildman–Crippen LogP) is 3.51. The van der Waals surface area contributed by atoms with Gasteiger partial charge in [0.05, 0.1) is 6.10 Å². The van der Waals surface area contributed by atoms with Crippen LogP contribution in [0.25, 0.3) is 0 Å². The standard InChI is InChI=1S/C9H18Cl2O/c1-8(12)6-4-2-3-5-7-9(10)11/h8-9,12H,2-7H2,1H3. The van der Waals surface area contributed by atoms with Gasteiger partial charge in [-0.2, -0.15) is 0 Å². The van der Waals surface area contributed by atoms with E-state index >= 15 is 0 Å². The van der Waals surface area contributed by atoms with Gasteiger partial charge in [-0.05, 0) is 19.8 Å². The van der Waals surface area contributed by atoms with Crippen molar-refractivity contribution in [2.24, 2.45) is 0 Å². The summed E-state index contributed by atoms with van der Waals surface area (Å²) in [5, 5.41) is 8.95. The second-order valence-corrected chi connectivity index (χ2v) is 4.51. The molecule has 0 radical (unpaired) electrons. The number of hydrogen-bond donors (Lipinski definition) is 1. The van der Waals surface area contributed by atoms with E-state index in [2.05, 4.69) is 0 Å². The maximum atomic E-state index is 8.95. The number of aliphatic hydroxyl groups is 1. The molecule has 74 valence electrons. The summed E-state index contributed by atoms with van der Waals surface area (Å²) < 4.78 is 0. The van der Waals surface area contributed by atoms with Gasteiger partial charge in [0.25, 0.3) is 0 Å². The maximum absolute atomic E-state index is 8.95. The van der Waals surface area contributed by atoms with Gasteiger partial charge in [0, 0.05) is 0 Å². The van der Waals surface area contributed by atoms with Gasteiger partial charge in [-0.15, -0.1) is 23.2 Å². The number of hydrogen-bond acceptors (Lipinski definition) is 1. The molecular weight excluding hydrogens is 195 g/mol. The fourth-order valence-corrected chi connectivity index (χ4v) is 1.40. The van der Waals surface area contributed by atoms with E-state index in [1.54, 1.807) is 0 Å². The zero-order chi connectivity index (χ0) is 9.40. The van der Waals surface area contributed by atoms with Crippen molar-refractivity contribution in [3.05, 3.63) is 0 Å². The normalized spacial score (nSPS) is 13.8. The molecule has 0 aromatic carbocycles. The van der Waals surface area contributed by atoms with Crippen LogP contribution in [-0.4, -0.2) is 16.0 Å². The molecule has 1 N–H and O–H groups in total. The minimum absolute atomic E-state index is 0.154. The van der Waals surface area contributed by atoms with Crippen LogP contribution >= 0.6 is 23.2 Å². The molecule has 0 aromatic heterocycles. The van der Waals surface area contributed by atoms with Crippen LogP contribution in [0.15, 0.2) is 0 Å². The lowest BCUT2D eigenvalue weighted by Gasteiger charge is -2.03. The lowest BCUT2D eigenvalue weighted by molar-refractivity contribution is 0.180. The highest BCUT2D eigenvalue weighted by molar-refractivity contribution is 6.44. The van der Waals surface area contributed by atoms with Crippen molar-refractivity contribution in [2.75, 3.05) is 0 Å². The Hall–Kier alpha value is 0.540. The topological polar surface area (TPSA) is 20.2 Å². The second-order valence-electron chi connectivity index (χ2n) is 3.23. The Morgan fingerprint density at radius 1 is 1.00 bits per heavy atom. The Bertz CT molecular complexity index is 82.5. The minimum Gasteiger partial charge on any atom is -0.393 e. The second kappa shape index (κ2) is 8.15. The molecule has 1 unspecified atom stereocenters. The van der Waals surface area contributed by atoms with E-state index in [0.717, 1.165) is 25.7 Å². The van der Waals surface area contributed by atoms with E-state index in [9.17, 15) is 0 Å². The third-order valence-corrected chi connectivity index (χ3v) is 2.23. The fraction of sp³-hybridized carbons (Fsp3) is 1.00. The lowest BCUT2D eigenvalue weighted by atomic mass is 10.1. The van der Waals surface area contributed by atoms with Gasteiger partial charge >= 0.3 is 0 Å².